The molecule has 2 nitrogen and oxygen atoms in total. The molecule has 21 heavy (non-hydrogen) atoms. The molecule has 0 spiro atoms. The van der Waals surface area contributed by atoms with Crippen molar-refractivity contribution in [1.82, 2.24) is 0 Å². The first-order valence-electron chi connectivity index (χ1n) is 9.57. The average Bonchev–Trinajstić information content (AvgIpc) is 2.51. The Labute approximate surface area is 133 Å². The summed E-state index contributed by atoms with van der Waals surface area (Å²) < 4.78 is 5.80. The first-order valence-corrected chi connectivity index (χ1v) is 9.57. The number of rotatable bonds is 17. The van der Waals surface area contributed by atoms with E-state index in [2.05, 4.69) is 13.8 Å². The van der Waals surface area contributed by atoms with Gasteiger partial charge in [-0.3, -0.25) is 0 Å². The minimum atomic E-state index is 0.0799. The van der Waals surface area contributed by atoms with Crippen LogP contribution in [0.1, 0.15) is 104 Å². The van der Waals surface area contributed by atoms with E-state index in [0.717, 1.165) is 19.4 Å². The molecule has 1 atom stereocenters. The minimum Gasteiger partial charge on any atom is -0.394 e. The fourth-order valence-electron chi connectivity index (χ4n) is 2.69. The van der Waals surface area contributed by atoms with Gasteiger partial charge in [0.25, 0.3) is 0 Å². The highest BCUT2D eigenvalue weighted by Gasteiger charge is 2.06. The third-order valence-corrected chi connectivity index (χ3v) is 4.18. The zero-order valence-corrected chi connectivity index (χ0v) is 14.7. The van der Waals surface area contributed by atoms with E-state index in [1.165, 1.54) is 77.0 Å². The van der Waals surface area contributed by atoms with Crippen LogP contribution in [0.4, 0.5) is 0 Å². The molecule has 0 fully saturated rings. The molecule has 0 rings (SSSR count). The van der Waals surface area contributed by atoms with Crippen molar-refractivity contribution in [3.05, 3.63) is 0 Å². The normalized spacial score (nSPS) is 12.7. The summed E-state index contributed by atoms with van der Waals surface area (Å²) in [6.45, 7) is 5.52. The molecule has 0 heterocycles. The van der Waals surface area contributed by atoms with Gasteiger partial charge in [-0.2, -0.15) is 0 Å². The zero-order chi connectivity index (χ0) is 15.6. The topological polar surface area (TPSA) is 29.5 Å². The Morgan fingerprint density at radius 3 is 1.67 bits per heavy atom. The summed E-state index contributed by atoms with van der Waals surface area (Å²) in [6, 6.07) is 0. The van der Waals surface area contributed by atoms with Crippen molar-refractivity contribution < 1.29 is 9.84 Å². The standard InChI is InChI=1S/C19H40O2/c1-3-5-7-9-11-13-15-17-21-19(18-20)16-14-12-10-8-6-4-2/h19-20H,3-18H2,1-2H3. The Bertz CT molecular complexity index is 182. The Kier molecular flexibility index (Phi) is 17.9. The van der Waals surface area contributed by atoms with E-state index >= 15 is 0 Å². The van der Waals surface area contributed by atoms with Crippen molar-refractivity contribution in [3.63, 3.8) is 0 Å². The summed E-state index contributed by atoms with van der Waals surface area (Å²) in [5, 5.41) is 9.34. The number of ether oxygens (including phenoxy) is 1. The van der Waals surface area contributed by atoms with Crippen molar-refractivity contribution in [1.29, 1.82) is 0 Å². The van der Waals surface area contributed by atoms with Crippen LogP contribution < -0.4 is 0 Å². The maximum Gasteiger partial charge on any atom is 0.0805 e. The van der Waals surface area contributed by atoms with Crippen molar-refractivity contribution in [3.8, 4) is 0 Å². The van der Waals surface area contributed by atoms with Crippen LogP contribution >= 0.6 is 0 Å². The summed E-state index contributed by atoms with van der Waals surface area (Å²) in [7, 11) is 0. The highest BCUT2D eigenvalue weighted by molar-refractivity contribution is 4.57. The Morgan fingerprint density at radius 1 is 0.667 bits per heavy atom. The first kappa shape index (κ1) is 20.9. The maximum atomic E-state index is 9.34. The third kappa shape index (κ3) is 16.1. The fraction of sp³-hybridized carbons (Fsp3) is 1.00. The van der Waals surface area contributed by atoms with Gasteiger partial charge in [0.1, 0.15) is 0 Å². The number of aliphatic hydroxyl groups is 1. The minimum absolute atomic E-state index is 0.0799. The molecule has 0 bridgehead atoms. The quantitative estimate of drug-likeness (QED) is 0.341. The average molecular weight is 301 g/mol. The summed E-state index contributed by atoms with van der Waals surface area (Å²) in [5.74, 6) is 0. The number of aliphatic hydroxyl groups excluding tert-OH is 1. The van der Waals surface area contributed by atoms with E-state index < -0.39 is 0 Å². The van der Waals surface area contributed by atoms with Crippen LogP contribution in [0.25, 0.3) is 0 Å². The van der Waals surface area contributed by atoms with E-state index in [0.29, 0.717) is 0 Å². The van der Waals surface area contributed by atoms with Gasteiger partial charge in [-0.15, -0.1) is 0 Å². The lowest BCUT2D eigenvalue weighted by Gasteiger charge is -2.15. The molecule has 0 aromatic heterocycles. The van der Waals surface area contributed by atoms with Crippen LogP contribution in [0.15, 0.2) is 0 Å². The van der Waals surface area contributed by atoms with Gasteiger partial charge in [0.2, 0.25) is 0 Å². The predicted octanol–water partition coefficient (Wildman–Crippen LogP) is 5.87. The predicted molar refractivity (Wildman–Crippen MR) is 92.8 cm³/mol. The largest absolute Gasteiger partial charge is 0.394 e. The molecule has 0 saturated heterocycles. The second kappa shape index (κ2) is 18.0. The van der Waals surface area contributed by atoms with Crippen molar-refractivity contribution in [2.45, 2.75) is 110 Å². The SMILES string of the molecule is CCCCCCCCCOC(CO)CCCCCCCC. The van der Waals surface area contributed by atoms with Crippen molar-refractivity contribution in [2.75, 3.05) is 13.2 Å². The molecule has 1 unspecified atom stereocenters. The molecule has 0 aromatic carbocycles. The number of unbranched alkanes of at least 4 members (excludes halogenated alkanes) is 11. The fourth-order valence-corrected chi connectivity index (χ4v) is 2.69. The molecule has 0 aromatic rings. The lowest BCUT2D eigenvalue weighted by atomic mass is 10.1. The molecule has 0 radical (unpaired) electrons. The van der Waals surface area contributed by atoms with Crippen LogP contribution in [0, 0.1) is 0 Å². The summed E-state index contributed by atoms with van der Waals surface area (Å²) in [6.07, 6.45) is 18.2. The highest BCUT2D eigenvalue weighted by Crippen LogP contribution is 2.11. The molecule has 0 saturated carbocycles. The van der Waals surface area contributed by atoms with Gasteiger partial charge in [-0.1, -0.05) is 90.9 Å². The zero-order valence-electron chi connectivity index (χ0n) is 14.7. The molecule has 0 aliphatic heterocycles. The first-order chi connectivity index (χ1) is 10.3. The van der Waals surface area contributed by atoms with E-state index in [9.17, 15) is 5.11 Å². The van der Waals surface area contributed by atoms with E-state index in [4.69, 9.17) is 4.74 Å². The Hall–Kier alpha value is -0.0800. The second-order valence-corrected chi connectivity index (χ2v) is 6.35. The monoisotopic (exact) mass is 300 g/mol. The van der Waals surface area contributed by atoms with E-state index in [1.807, 2.05) is 0 Å². The number of hydrogen-bond acceptors (Lipinski definition) is 2. The molecule has 2 heteroatoms. The lowest BCUT2D eigenvalue weighted by Crippen LogP contribution is -2.18. The van der Waals surface area contributed by atoms with Gasteiger partial charge < -0.3 is 9.84 Å². The second-order valence-electron chi connectivity index (χ2n) is 6.35. The Morgan fingerprint density at radius 2 is 1.14 bits per heavy atom. The maximum absolute atomic E-state index is 9.34. The summed E-state index contributed by atoms with van der Waals surface area (Å²) >= 11 is 0. The summed E-state index contributed by atoms with van der Waals surface area (Å²) in [5.41, 5.74) is 0. The highest BCUT2D eigenvalue weighted by atomic mass is 16.5. The van der Waals surface area contributed by atoms with Gasteiger partial charge in [0, 0.05) is 6.61 Å². The molecular formula is C19H40O2. The van der Waals surface area contributed by atoms with E-state index in [-0.39, 0.29) is 12.7 Å². The lowest BCUT2D eigenvalue weighted by molar-refractivity contribution is 0.00497. The van der Waals surface area contributed by atoms with Gasteiger partial charge >= 0.3 is 0 Å². The summed E-state index contributed by atoms with van der Waals surface area (Å²) in [4.78, 5) is 0. The molecule has 0 amide bonds. The molecule has 1 N–H and O–H groups in total. The number of hydrogen-bond donors (Lipinski definition) is 1. The van der Waals surface area contributed by atoms with Gasteiger partial charge in [-0.05, 0) is 12.8 Å². The molecular weight excluding hydrogens is 260 g/mol. The van der Waals surface area contributed by atoms with Crippen LogP contribution in [-0.2, 0) is 4.74 Å². The van der Waals surface area contributed by atoms with Crippen molar-refractivity contribution in [2.24, 2.45) is 0 Å². The molecule has 0 aliphatic carbocycles. The van der Waals surface area contributed by atoms with Gasteiger partial charge in [0.15, 0.2) is 0 Å². The smallest absolute Gasteiger partial charge is 0.0805 e. The third-order valence-electron chi connectivity index (χ3n) is 4.18. The molecule has 0 aliphatic rings. The Balaban J connectivity index is 3.28. The van der Waals surface area contributed by atoms with E-state index in [1.54, 1.807) is 0 Å². The van der Waals surface area contributed by atoms with Crippen LogP contribution in [0.5, 0.6) is 0 Å². The van der Waals surface area contributed by atoms with Gasteiger partial charge in [0.05, 0.1) is 12.7 Å². The van der Waals surface area contributed by atoms with Crippen LogP contribution in [-0.4, -0.2) is 24.4 Å². The van der Waals surface area contributed by atoms with Crippen LogP contribution in [0.2, 0.25) is 0 Å². The van der Waals surface area contributed by atoms with Crippen LogP contribution in [0.3, 0.4) is 0 Å². The van der Waals surface area contributed by atoms with Gasteiger partial charge in [-0.25, -0.2) is 0 Å². The molecule has 128 valence electrons. The van der Waals surface area contributed by atoms with Crippen molar-refractivity contribution >= 4 is 0 Å².